The van der Waals surface area contributed by atoms with Gasteiger partial charge in [0.2, 0.25) is 17.7 Å². The molecule has 20 heteroatoms. The van der Waals surface area contributed by atoms with E-state index in [2.05, 4.69) is 41.8 Å². The number of thiazole rings is 1. The summed E-state index contributed by atoms with van der Waals surface area (Å²) in [5.74, 6) is -1.83. The van der Waals surface area contributed by atoms with E-state index in [4.69, 9.17) is 9.47 Å². The second-order valence-electron chi connectivity index (χ2n) is 22.5. The number of halogens is 1. The lowest BCUT2D eigenvalue weighted by Gasteiger charge is -2.53. The number of amides is 6. The minimum atomic E-state index is -1.99. The second-order valence-corrected chi connectivity index (χ2v) is 23.4. The number of β-amino-alcohol motifs (C(OH)–C–C–N with tert-alkyl or cyclic N) is 1. The van der Waals surface area contributed by atoms with Crippen LogP contribution in [0.3, 0.4) is 0 Å². The molecule has 0 unspecified atom stereocenters. The van der Waals surface area contributed by atoms with E-state index in [0.717, 1.165) is 59.6 Å². The summed E-state index contributed by atoms with van der Waals surface area (Å²) in [5.41, 5.74) is 6.32. The summed E-state index contributed by atoms with van der Waals surface area (Å²) in [6.45, 7) is 10.1. The van der Waals surface area contributed by atoms with Crippen molar-refractivity contribution < 1.29 is 47.7 Å². The van der Waals surface area contributed by atoms with E-state index in [0.29, 0.717) is 41.3 Å². The fourth-order valence-electron chi connectivity index (χ4n) is 10.7. The van der Waals surface area contributed by atoms with Crippen molar-refractivity contribution in [3.63, 3.8) is 0 Å². The zero-order chi connectivity index (χ0) is 56.2. The number of nitrogens with zero attached hydrogens (tertiary/aromatic N) is 5. The highest BCUT2D eigenvalue weighted by atomic mass is 32.1. The van der Waals surface area contributed by atoms with Crippen molar-refractivity contribution in [1.82, 2.24) is 40.2 Å². The number of hydrogen-bond donors (Lipinski definition) is 5. The van der Waals surface area contributed by atoms with Gasteiger partial charge in [-0.25, -0.2) is 9.37 Å². The van der Waals surface area contributed by atoms with Crippen molar-refractivity contribution in [3.8, 4) is 16.2 Å². The molecule has 9 rings (SSSR count). The number of fused-ring (bicyclic) bond motifs is 2. The summed E-state index contributed by atoms with van der Waals surface area (Å²) in [7, 11) is 3.50. The van der Waals surface area contributed by atoms with E-state index in [9.17, 15) is 38.3 Å². The summed E-state index contributed by atoms with van der Waals surface area (Å²) in [5, 5.41) is 22.1. The minimum Gasteiger partial charge on any atom is -0.491 e. The molecule has 18 nitrogen and oxygen atoms in total. The van der Waals surface area contributed by atoms with Gasteiger partial charge in [-0.1, -0.05) is 57.2 Å². The maximum Gasteiger partial charge on any atom is 0.268 e. The molecule has 3 fully saturated rings. The Morgan fingerprint density at radius 1 is 0.886 bits per heavy atom. The van der Waals surface area contributed by atoms with Crippen LogP contribution in [0, 0.1) is 12.3 Å². The van der Waals surface area contributed by atoms with Crippen LogP contribution in [0.5, 0.6) is 5.75 Å². The number of aromatic nitrogens is 2. The summed E-state index contributed by atoms with van der Waals surface area (Å²) in [6.07, 6.45) is 2.47. The summed E-state index contributed by atoms with van der Waals surface area (Å²) in [4.78, 5) is 90.2. The molecule has 5 N–H and O–H groups in total. The third-order valence-electron chi connectivity index (χ3n) is 15.6. The zero-order valence-corrected chi connectivity index (χ0v) is 46.7. The normalized spacial score (nSPS) is 18.5. The minimum absolute atomic E-state index is 0.00724. The molecule has 5 aromatic rings. The van der Waals surface area contributed by atoms with E-state index < -0.39 is 47.0 Å². The van der Waals surface area contributed by atoms with Gasteiger partial charge in [-0.2, -0.15) is 0 Å². The van der Waals surface area contributed by atoms with Gasteiger partial charge in [0.1, 0.15) is 30.1 Å². The number of carbonyl (C=O) groups is 6. The van der Waals surface area contributed by atoms with E-state index in [1.807, 2.05) is 67.6 Å². The summed E-state index contributed by atoms with van der Waals surface area (Å²) >= 11 is 1.49. The molecule has 3 aromatic carbocycles. The predicted octanol–water partition coefficient (Wildman–Crippen LogP) is 6.48. The maximum absolute atomic E-state index is 14.7. The molecular weight excluding hydrogens is 1030 g/mol. The number of hydrogen-bond acceptors (Lipinski definition) is 12. The predicted molar refractivity (Wildman–Crippen MR) is 297 cm³/mol. The Bertz CT molecular complexity index is 3050. The highest BCUT2D eigenvalue weighted by Crippen LogP contribution is 2.49. The number of likely N-dealkylation sites (tertiary alicyclic amines) is 1. The van der Waals surface area contributed by atoms with E-state index in [1.54, 1.807) is 57.4 Å². The fraction of sp³-hybridized carbons (Fsp3) is 0.475. The van der Waals surface area contributed by atoms with E-state index >= 15 is 0 Å². The molecule has 2 saturated carbocycles. The largest absolute Gasteiger partial charge is 0.491 e. The molecule has 2 aliphatic carbocycles. The van der Waals surface area contributed by atoms with Gasteiger partial charge in [0.05, 0.1) is 47.4 Å². The fourth-order valence-corrected chi connectivity index (χ4v) is 11.5. The first-order valence-electron chi connectivity index (χ1n) is 27.2. The molecule has 79 heavy (non-hydrogen) atoms. The zero-order valence-electron chi connectivity index (χ0n) is 45.9. The van der Waals surface area contributed by atoms with Gasteiger partial charge in [0.15, 0.2) is 5.67 Å². The molecule has 1 spiro atoms. The molecule has 4 aliphatic rings. The lowest BCUT2D eigenvalue weighted by atomic mass is 9.71. The van der Waals surface area contributed by atoms with Crippen molar-refractivity contribution in [1.29, 1.82) is 0 Å². The lowest BCUT2D eigenvalue weighted by Crippen LogP contribution is -2.59. The van der Waals surface area contributed by atoms with Crippen LogP contribution in [-0.2, 0) is 55.6 Å². The van der Waals surface area contributed by atoms with Gasteiger partial charge in [0.25, 0.3) is 17.7 Å². The Balaban J connectivity index is 0.724. The Labute approximate surface area is 464 Å². The average molecular weight is 1100 g/mol. The highest BCUT2D eigenvalue weighted by molar-refractivity contribution is 7.13. The van der Waals surface area contributed by atoms with Crippen LogP contribution < -0.4 is 26.0 Å². The maximum atomic E-state index is 14.7. The first-order valence-corrected chi connectivity index (χ1v) is 28.0. The summed E-state index contributed by atoms with van der Waals surface area (Å²) < 4.78 is 28.9. The number of aryl methyl sites for hydroxylation is 1. The van der Waals surface area contributed by atoms with Crippen molar-refractivity contribution in [2.45, 2.75) is 128 Å². The van der Waals surface area contributed by atoms with Gasteiger partial charge in [-0.05, 0) is 104 Å². The number of rotatable bonds is 21. The van der Waals surface area contributed by atoms with Gasteiger partial charge in [0, 0.05) is 82.3 Å². The topological polar surface area (TPSA) is 217 Å². The number of benzene rings is 3. The number of alkyl halides is 1. The molecule has 2 aliphatic heterocycles. The van der Waals surface area contributed by atoms with Crippen LogP contribution in [0.25, 0.3) is 10.4 Å². The molecule has 3 atom stereocenters. The number of ether oxygens (including phenoxy) is 2. The molecular formula is C59H72FN9O9S. The second kappa shape index (κ2) is 23.8. The van der Waals surface area contributed by atoms with Crippen LogP contribution >= 0.6 is 11.3 Å². The third-order valence-corrected chi connectivity index (χ3v) is 16.6. The van der Waals surface area contributed by atoms with Crippen molar-refractivity contribution in [2.75, 3.05) is 52.3 Å². The van der Waals surface area contributed by atoms with Crippen LogP contribution in [-0.4, -0.2) is 136 Å². The SMILES string of the molecule is Cc1ncsc1-c1ccc(CNC(=O)[C@@H]2C[C@@H](O)CN2C(=O)[C@@H](NC(=O)C2(F)CC2)C(C)(C)C)c(OCCOCCC(=O)Nc2ccc(CNC(=O)c3ccc4n3CCN(Cc3ccc(C(=O)N(C)C)cc3)C43CCC3)cc2)c1. The van der Waals surface area contributed by atoms with Crippen LogP contribution in [0.15, 0.2) is 84.4 Å². The first-order chi connectivity index (χ1) is 37.7. The van der Waals surface area contributed by atoms with Crippen LogP contribution in [0.2, 0.25) is 0 Å². The van der Waals surface area contributed by atoms with Crippen molar-refractivity contribution in [2.24, 2.45) is 5.41 Å². The van der Waals surface area contributed by atoms with E-state index in [-0.39, 0.29) is 81.9 Å². The third kappa shape index (κ3) is 12.9. The Morgan fingerprint density at radius 3 is 2.28 bits per heavy atom. The van der Waals surface area contributed by atoms with Gasteiger partial charge < -0.3 is 50.2 Å². The molecule has 420 valence electrons. The molecule has 4 heterocycles. The quantitative estimate of drug-likeness (QED) is 0.0501. The van der Waals surface area contributed by atoms with Crippen molar-refractivity contribution in [3.05, 3.63) is 124 Å². The monoisotopic (exact) mass is 1100 g/mol. The van der Waals surface area contributed by atoms with E-state index in [1.165, 1.54) is 21.9 Å². The average Bonchev–Trinajstić information content (AvgIpc) is 3.96. The van der Waals surface area contributed by atoms with Crippen molar-refractivity contribution >= 4 is 52.5 Å². The smallest absolute Gasteiger partial charge is 0.268 e. The lowest BCUT2D eigenvalue weighted by molar-refractivity contribution is -0.145. The number of nitrogens with one attached hydrogen (secondary N) is 4. The van der Waals surface area contributed by atoms with Gasteiger partial charge in [-0.15, -0.1) is 11.3 Å². The first kappa shape index (κ1) is 56.7. The number of aliphatic hydroxyl groups is 1. The number of aliphatic hydroxyl groups excluding tert-OH is 1. The van der Waals surface area contributed by atoms with Crippen LogP contribution in [0.4, 0.5) is 10.1 Å². The molecule has 0 radical (unpaired) electrons. The molecule has 0 bridgehead atoms. The highest BCUT2D eigenvalue weighted by Gasteiger charge is 2.54. The molecule has 6 amide bonds. The Hall–Kier alpha value is -7.00. The number of carbonyl (C=O) groups excluding carboxylic acids is 6. The number of anilines is 1. The van der Waals surface area contributed by atoms with Gasteiger partial charge >= 0.3 is 0 Å². The van der Waals surface area contributed by atoms with Crippen LogP contribution in [0.1, 0.15) is 115 Å². The summed E-state index contributed by atoms with van der Waals surface area (Å²) in [6, 6.07) is 22.7. The molecule has 2 aromatic heterocycles. The Kier molecular flexibility index (Phi) is 17.1. The standard InChI is InChI=1S/C59H72FN9O9S/c1-37-50(79-36-63-37)41-14-15-42(33-62-53(73)46-31-44(70)35-69(46)55(75)51(57(2,3)4)65-56(76)58(60)23-24-58)47(30-41)78-29-28-77-27-20-49(71)64-43-16-10-38(11-17-43)32-61-52(72)45-18-19-48-59(21-7-22-59)67(25-26-68(45)48)34-39-8-12-40(13-9-39)54(74)66(5)6/h8-19,30,36,44,46,51,70H,7,20-29,31-35H2,1-6H3,(H,61,72)(H,62,73)(H,64,71)(H,65,76)/t44-,46+,51-/m1/s1. The van der Waals surface area contributed by atoms with Gasteiger partial charge in [-0.3, -0.25) is 33.7 Å². The Morgan fingerprint density at radius 2 is 1.62 bits per heavy atom. The molecule has 1 saturated heterocycles.